The van der Waals surface area contributed by atoms with Crippen molar-refractivity contribution in [3.05, 3.63) is 40.5 Å². The molecule has 2 N–H and O–H groups in total. The number of nitrogens with zero attached hydrogens (tertiary/aromatic N) is 2. The molecule has 0 atom stereocenters. The molecule has 0 bridgehead atoms. The molecule has 0 radical (unpaired) electrons. The number of benzene rings is 1. The van der Waals surface area contributed by atoms with Gasteiger partial charge in [-0.05, 0) is 37.6 Å². The lowest BCUT2D eigenvalue weighted by molar-refractivity contribution is 0.100. The number of amides is 1. The van der Waals surface area contributed by atoms with Gasteiger partial charge < -0.3 is 10.5 Å². The molecular formula is C17H17N3O3S. The van der Waals surface area contributed by atoms with Crippen molar-refractivity contribution >= 4 is 28.5 Å². The van der Waals surface area contributed by atoms with Crippen LogP contribution in [0, 0.1) is 6.92 Å². The average molecular weight is 343 g/mol. The minimum atomic E-state index is -0.515. The normalized spacial score (nSPS) is 10.9. The summed E-state index contributed by atoms with van der Waals surface area (Å²) in [4.78, 5) is 28.6. The van der Waals surface area contributed by atoms with Crippen molar-refractivity contribution in [1.82, 2.24) is 9.38 Å². The number of primary amides is 1. The number of carbonyl (C=O) groups excluding carboxylic acids is 2. The molecule has 0 aliphatic heterocycles. The number of thiazole rings is 1. The first kappa shape index (κ1) is 16.2. The van der Waals surface area contributed by atoms with Crippen molar-refractivity contribution in [2.75, 3.05) is 6.61 Å². The monoisotopic (exact) mass is 343 g/mol. The molecule has 6 nitrogen and oxygen atoms in total. The molecule has 1 amide bonds. The highest BCUT2D eigenvalue weighted by molar-refractivity contribution is 7.19. The fourth-order valence-electron chi connectivity index (χ4n) is 2.55. The van der Waals surface area contributed by atoms with E-state index in [0.29, 0.717) is 33.5 Å². The molecule has 0 aliphatic rings. The third-order valence-corrected chi connectivity index (χ3v) is 4.83. The standard InChI is InChI=1S/C17H17N3O3S/c1-3-8-23-12-6-4-11(5-7-12)14-13(9-21)20-10(2)15(16(18)22)24-17(20)19-14/h4-7,9H,3,8H2,1-2H3,(H2,18,22). The van der Waals surface area contributed by atoms with Crippen LogP contribution >= 0.6 is 11.3 Å². The van der Waals surface area contributed by atoms with Gasteiger partial charge in [0.15, 0.2) is 11.2 Å². The molecule has 1 aromatic carbocycles. The number of rotatable bonds is 6. The lowest BCUT2D eigenvalue weighted by atomic mass is 10.1. The zero-order valence-corrected chi connectivity index (χ0v) is 14.2. The number of aryl methyl sites for hydroxylation is 1. The van der Waals surface area contributed by atoms with Crippen molar-refractivity contribution in [2.24, 2.45) is 5.73 Å². The summed E-state index contributed by atoms with van der Waals surface area (Å²) in [6.45, 7) is 4.46. The molecule has 2 aromatic heterocycles. The van der Waals surface area contributed by atoms with Crippen LogP contribution in [0.25, 0.3) is 16.2 Å². The second kappa shape index (κ2) is 6.45. The number of hydrogen-bond donors (Lipinski definition) is 1. The molecule has 0 saturated heterocycles. The van der Waals surface area contributed by atoms with Gasteiger partial charge in [0.2, 0.25) is 0 Å². The highest BCUT2D eigenvalue weighted by Crippen LogP contribution is 2.31. The van der Waals surface area contributed by atoms with Crippen molar-refractivity contribution in [3.8, 4) is 17.0 Å². The third kappa shape index (κ3) is 2.67. The number of carbonyl (C=O) groups is 2. The minimum absolute atomic E-state index is 0.411. The van der Waals surface area contributed by atoms with Gasteiger partial charge in [-0.3, -0.25) is 14.0 Å². The van der Waals surface area contributed by atoms with Gasteiger partial charge in [-0.25, -0.2) is 4.98 Å². The lowest BCUT2D eigenvalue weighted by Crippen LogP contribution is -2.11. The maximum atomic E-state index is 11.6. The van der Waals surface area contributed by atoms with Crippen molar-refractivity contribution in [2.45, 2.75) is 20.3 Å². The second-order valence-electron chi connectivity index (χ2n) is 5.34. The topological polar surface area (TPSA) is 86.7 Å². The van der Waals surface area contributed by atoms with Crippen LogP contribution in [0.2, 0.25) is 0 Å². The number of fused-ring (bicyclic) bond motifs is 1. The molecule has 0 fully saturated rings. The predicted octanol–water partition coefficient (Wildman–Crippen LogP) is 3.07. The van der Waals surface area contributed by atoms with E-state index in [4.69, 9.17) is 10.5 Å². The molecular weight excluding hydrogens is 326 g/mol. The van der Waals surface area contributed by atoms with E-state index in [-0.39, 0.29) is 0 Å². The Morgan fingerprint density at radius 1 is 1.38 bits per heavy atom. The fraction of sp³-hybridized carbons (Fsp3) is 0.235. The van der Waals surface area contributed by atoms with Gasteiger partial charge in [-0.1, -0.05) is 18.3 Å². The fourth-order valence-corrected chi connectivity index (χ4v) is 3.54. The number of hydrogen-bond acceptors (Lipinski definition) is 5. The molecule has 2 heterocycles. The largest absolute Gasteiger partial charge is 0.494 e. The second-order valence-corrected chi connectivity index (χ2v) is 6.31. The van der Waals surface area contributed by atoms with Crippen LogP contribution in [-0.2, 0) is 0 Å². The van der Waals surface area contributed by atoms with E-state index >= 15 is 0 Å². The van der Waals surface area contributed by atoms with E-state index < -0.39 is 5.91 Å². The van der Waals surface area contributed by atoms with Gasteiger partial charge in [-0.2, -0.15) is 0 Å². The first-order chi connectivity index (χ1) is 11.6. The van der Waals surface area contributed by atoms with Crippen LogP contribution in [0.1, 0.15) is 39.2 Å². The van der Waals surface area contributed by atoms with Gasteiger partial charge >= 0.3 is 0 Å². The van der Waals surface area contributed by atoms with Crippen molar-refractivity contribution < 1.29 is 14.3 Å². The van der Waals surface area contributed by atoms with E-state index in [0.717, 1.165) is 24.0 Å². The maximum Gasteiger partial charge on any atom is 0.260 e. The van der Waals surface area contributed by atoms with Crippen LogP contribution in [0.4, 0.5) is 0 Å². The summed E-state index contributed by atoms with van der Waals surface area (Å²) in [5, 5.41) is 0. The Morgan fingerprint density at radius 2 is 2.08 bits per heavy atom. The number of aldehydes is 1. The van der Waals surface area contributed by atoms with Crippen LogP contribution < -0.4 is 10.5 Å². The molecule has 0 saturated carbocycles. The lowest BCUT2D eigenvalue weighted by Gasteiger charge is -2.05. The summed E-state index contributed by atoms with van der Waals surface area (Å²) in [5.74, 6) is 0.264. The zero-order chi connectivity index (χ0) is 17.3. The molecule has 3 aromatic rings. The van der Waals surface area contributed by atoms with Crippen LogP contribution in [0.15, 0.2) is 24.3 Å². The van der Waals surface area contributed by atoms with E-state index in [1.807, 2.05) is 31.2 Å². The van der Waals surface area contributed by atoms with Gasteiger partial charge in [0.05, 0.1) is 6.61 Å². The quantitative estimate of drug-likeness (QED) is 0.697. The Hall–Kier alpha value is -2.67. The summed E-state index contributed by atoms with van der Waals surface area (Å²) in [6.07, 6.45) is 1.69. The van der Waals surface area contributed by atoms with Crippen molar-refractivity contribution in [3.63, 3.8) is 0 Å². The summed E-state index contributed by atoms with van der Waals surface area (Å²) in [5.41, 5.74) is 7.80. The Labute approximate surface area is 142 Å². The molecule has 24 heavy (non-hydrogen) atoms. The molecule has 0 spiro atoms. The van der Waals surface area contributed by atoms with E-state index in [2.05, 4.69) is 4.98 Å². The van der Waals surface area contributed by atoms with E-state index in [1.54, 1.807) is 11.3 Å². The zero-order valence-electron chi connectivity index (χ0n) is 13.4. The molecule has 7 heteroatoms. The predicted molar refractivity (Wildman–Crippen MR) is 92.9 cm³/mol. The van der Waals surface area contributed by atoms with Crippen LogP contribution in [0.3, 0.4) is 0 Å². The summed E-state index contributed by atoms with van der Waals surface area (Å²) < 4.78 is 7.24. The highest BCUT2D eigenvalue weighted by atomic mass is 32.1. The van der Waals surface area contributed by atoms with Gasteiger partial charge in [-0.15, -0.1) is 0 Å². The molecule has 0 aliphatic carbocycles. The summed E-state index contributed by atoms with van der Waals surface area (Å²) in [6, 6.07) is 7.45. The Morgan fingerprint density at radius 3 is 2.67 bits per heavy atom. The van der Waals surface area contributed by atoms with Crippen LogP contribution in [-0.4, -0.2) is 28.2 Å². The van der Waals surface area contributed by atoms with Gasteiger partial charge in [0, 0.05) is 11.3 Å². The van der Waals surface area contributed by atoms with E-state index in [9.17, 15) is 9.59 Å². The molecule has 124 valence electrons. The minimum Gasteiger partial charge on any atom is -0.494 e. The van der Waals surface area contributed by atoms with Crippen LogP contribution in [0.5, 0.6) is 5.75 Å². The third-order valence-electron chi connectivity index (χ3n) is 3.68. The molecule has 3 rings (SSSR count). The highest BCUT2D eigenvalue weighted by Gasteiger charge is 2.21. The molecule has 0 unspecified atom stereocenters. The van der Waals surface area contributed by atoms with Gasteiger partial charge in [0.25, 0.3) is 5.91 Å². The number of ether oxygens (including phenoxy) is 1. The summed E-state index contributed by atoms with van der Waals surface area (Å²) >= 11 is 1.19. The SMILES string of the molecule is CCCOc1ccc(-c2nc3sc(C(N)=O)c(C)n3c2C=O)cc1. The smallest absolute Gasteiger partial charge is 0.260 e. The van der Waals surface area contributed by atoms with Gasteiger partial charge in [0.1, 0.15) is 22.0 Å². The number of aromatic nitrogens is 2. The number of nitrogens with two attached hydrogens (primary N) is 1. The Balaban J connectivity index is 2.06. The average Bonchev–Trinajstić information content (AvgIpc) is 3.10. The maximum absolute atomic E-state index is 11.6. The Bertz CT molecular complexity index is 909. The summed E-state index contributed by atoms with van der Waals surface area (Å²) in [7, 11) is 0. The number of imidazole rings is 1. The Kier molecular flexibility index (Phi) is 4.35. The van der Waals surface area contributed by atoms with E-state index in [1.165, 1.54) is 11.3 Å². The van der Waals surface area contributed by atoms with Crippen molar-refractivity contribution in [1.29, 1.82) is 0 Å². The first-order valence-electron chi connectivity index (χ1n) is 7.56. The first-order valence-corrected chi connectivity index (χ1v) is 8.38.